The molecule has 1 aliphatic carbocycles. The molecule has 2 aliphatic rings. The Morgan fingerprint density at radius 2 is 1.92 bits per heavy atom. The van der Waals surface area contributed by atoms with Crippen molar-refractivity contribution in [2.24, 2.45) is 5.92 Å². The molecule has 4 nitrogen and oxygen atoms in total. The molecule has 2 heterocycles. The zero-order chi connectivity index (χ0) is 17.9. The van der Waals surface area contributed by atoms with E-state index in [0.717, 1.165) is 44.5 Å². The smallest absolute Gasteiger partial charge is 0.142 e. The maximum Gasteiger partial charge on any atom is 0.142 e. The van der Waals surface area contributed by atoms with E-state index in [1.807, 2.05) is 23.5 Å². The summed E-state index contributed by atoms with van der Waals surface area (Å²) in [5, 5.41) is 15.8. The summed E-state index contributed by atoms with van der Waals surface area (Å²) in [6.07, 6.45) is 4.02. The van der Waals surface area contributed by atoms with E-state index >= 15 is 0 Å². The van der Waals surface area contributed by atoms with Gasteiger partial charge in [-0.1, -0.05) is 18.2 Å². The Balaban J connectivity index is 1.38. The molecule has 5 heteroatoms. The average Bonchev–Trinajstić information content (AvgIpc) is 3.19. The summed E-state index contributed by atoms with van der Waals surface area (Å²) in [7, 11) is 1.74. The van der Waals surface area contributed by atoms with Gasteiger partial charge in [-0.2, -0.15) is 0 Å². The van der Waals surface area contributed by atoms with E-state index in [1.165, 1.54) is 10.6 Å². The van der Waals surface area contributed by atoms with Crippen LogP contribution in [0.15, 0.2) is 41.8 Å². The number of methoxy groups -OCH3 is 1. The lowest BCUT2D eigenvalue weighted by atomic mass is 9.76. The van der Waals surface area contributed by atoms with Gasteiger partial charge >= 0.3 is 0 Å². The fraction of sp³-hybridized carbons (Fsp3) is 0.524. The van der Waals surface area contributed by atoms with Gasteiger partial charge in [0.15, 0.2) is 0 Å². The zero-order valence-corrected chi connectivity index (χ0v) is 16.1. The predicted molar refractivity (Wildman–Crippen MR) is 107 cm³/mol. The van der Waals surface area contributed by atoms with Gasteiger partial charge in [-0.3, -0.25) is 0 Å². The number of aliphatic hydroxyl groups excluding tert-OH is 1. The minimum absolute atomic E-state index is 0.100. The maximum atomic E-state index is 9.74. The quantitative estimate of drug-likeness (QED) is 0.809. The molecule has 140 valence electrons. The van der Waals surface area contributed by atoms with E-state index in [1.54, 1.807) is 7.11 Å². The summed E-state index contributed by atoms with van der Waals surface area (Å²) in [6.45, 7) is 2.09. The van der Waals surface area contributed by atoms with Crippen LogP contribution in [0.4, 0.5) is 5.69 Å². The highest BCUT2D eigenvalue weighted by Crippen LogP contribution is 2.40. The van der Waals surface area contributed by atoms with E-state index < -0.39 is 0 Å². The predicted octanol–water partition coefficient (Wildman–Crippen LogP) is 3.83. The van der Waals surface area contributed by atoms with E-state index in [2.05, 4.69) is 39.9 Å². The molecule has 0 bridgehead atoms. The van der Waals surface area contributed by atoms with E-state index in [4.69, 9.17) is 4.74 Å². The first-order valence-electron chi connectivity index (χ1n) is 9.60. The third-order valence-electron chi connectivity index (χ3n) is 5.81. The molecular formula is C21H28N2O2S. The molecule has 1 atom stereocenters. The topological polar surface area (TPSA) is 44.7 Å². The van der Waals surface area contributed by atoms with Crippen molar-refractivity contribution in [2.75, 3.05) is 25.1 Å². The maximum absolute atomic E-state index is 9.74. The zero-order valence-electron chi connectivity index (χ0n) is 15.3. The average molecular weight is 373 g/mol. The molecule has 1 saturated carbocycles. The molecule has 1 aliphatic heterocycles. The van der Waals surface area contributed by atoms with Crippen molar-refractivity contribution in [3.8, 4) is 5.75 Å². The standard InChI is InChI=1S/C21H28N2O2S/c1-25-19-6-3-2-5-18(19)23-10-8-16(9-11-23)22-21(15-13-17(24)14-15)20-7-4-12-26-20/h2-7,12,15-17,21-22,24H,8-11,13-14H2,1H3/t15?,17?,21-/m1/s1. The van der Waals surface area contributed by atoms with Crippen LogP contribution in [0.5, 0.6) is 5.75 Å². The van der Waals surface area contributed by atoms with E-state index in [-0.39, 0.29) is 6.10 Å². The molecule has 2 aromatic rings. The summed E-state index contributed by atoms with van der Waals surface area (Å²) in [5.41, 5.74) is 1.20. The van der Waals surface area contributed by atoms with Gasteiger partial charge in [0, 0.05) is 30.1 Å². The van der Waals surface area contributed by atoms with Crippen LogP contribution in [0.25, 0.3) is 0 Å². The van der Waals surface area contributed by atoms with Crippen LogP contribution >= 0.6 is 11.3 Å². The minimum atomic E-state index is -0.100. The first-order chi connectivity index (χ1) is 12.7. The highest BCUT2D eigenvalue weighted by molar-refractivity contribution is 7.10. The molecular weight excluding hydrogens is 344 g/mol. The lowest BCUT2D eigenvalue weighted by molar-refractivity contribution is 0.0218. The summed E-state index contributed by atoms with van der Waals surface area (Å²) in [4.78, 5) is 3.85. The lowest BCUT2D eigenvalue weighted by Crippen LogP contribution is -2.47. The van der Waals surface area contributed by atoms with Gasteiger partial charge in [0.2, 0.25) is 0 Å². The Hall–Kier alpha value is -1.56. The van der Waals surface area contributed by atoms with Crippen LogP contribution < -0.4 is 15.0 Å². The van der Waals surface area contributed by atoms with Crippen molar-refractivity contribution >= 4 is 17.0 Å². The highest BCUT2D eigenvalue weighted by atomic mass is 32.1. The first-order valence-corrected chi connectivity index (χ1v) is 10.5. The number of hydrogen-bond donors (Lipinski definition) is 2. The summed E-state index contributed by atoms with van der Waals surface area (Å²) in [5.74, 6) is 1.52. The Bertz CT molecular complexity index is 692. The summed E-state index contributed by atoms with van der Waals surface area (Å²) < 4.78 is 5.52. The van der Waals surface area contributed by atoms with Gasteiger partial charge < -0.3 is 20.1 Å². The third kappa shape index (κ3) is 3.75. The van der Waals surface area contributed by atoms with Crippen LogP contribution in [0.1, 0.15) is 36.6 Å². The monoisotopic (exact) mass is 372 g/mol. The second kappa shape index (κ2) is 7.99. The Morgan fingerprint density at radius 3 is 2.58 bits per heavy atom. The van der Waals surface area contributed by atoms with Gasteiger partial charge in [0.1, 0.15) is 5.75 Å². The fourth-order valence-corrected chi connectivity index (χ4v) is 5.13. The van der Waals surface area contributed by atoms with Crippen molar-refractivity contribution in [3.63, 3.8) is 0 Å². The van der Waals surface area contributed by atoms with Gasteiger partial charge in [-0.05, 0) is 55.2 Å². The first kappa shape index (κ1) is 17.8. The molecule has 4 rings (SSSR count). The van der Waals surface area contributed by atoms with Gasteiger partial charge in [-0.25, -0.2) is 0 Å². The van der Waals surface area contributed by atoms with Gasteiger partial charge in [0.05, 0.1) is 18.9 Å². The Kier molecular flexibility index (Phi) is 5.48. The Morgan fingerprint density at radius 1 is 1.15 bits per heavy atom. The van der Waals surface area contributed by atoms with Crippen molar-refractivity contribution in [3.05, 3.63) is 46.7 Å². The molecule has 0 amide bonds. The van der Waals surface area contributed by atoms with Gasteiger partial charge in [0.25, 0.3) is 0 Å². The SMILES string of the molecule is COc1ccccc1N1CCC(N[C@@H](c2cccs2)C2CC(O)C2)CC1. The molecule has 1 aromatic carbocycles. The van der Waals surface area contributed by atoms with Crippen LogP contribution in [-0.4, -0.2) is 37.5 Å². The van der Waals surface area contributed by atoms with Crippen molar-refractivity contribution in [1.29, 1.82) is 0 Å². The van der Waals surface area contributed by atoms with E-state index in [0.29, 0.717) is 18.0 Å². The number of aliphatic hydroxyl groups is 1. The Labute approximate surface area is 159 Å². The number of nitrogens with zero attached hydrogens (tertiary/aromatic N) is 1. The largest absolute Gasteiger partial charge is 0.495 e. The number of ether oxygens (including phenoxy) is 1. The number of benzene rings is 1. The minimum Gasteiger partial charge on any atom is -0.495 e. The summed E-state index contributed by atoms with van der Waals surface area (Å²) in [6, 6.07) is 13.6. The van der Waals surface area contributed by atoms with Crippen LogP contribution in [0, 0.1) is 5.92 Å². The van der Waals surface area contributed by atoms with Crippen LogP contribution in [0.2, 0.25) is 0 Å². The molecule has 0 unspecified atom stereocenters. The second-order valence-electron chi connectivity index (χ2n) is 7.48. The molecule has 2 N–H and O–H groups in total. The van der Waals surface area contributed by atoms with Crippen molar-refractivity contribution in [1.82, 2.24) is 5.32 Å². The molecule has 1 aromatic heterocycles. The molecule has 0 radical (unpaired) electrons. The van der Waals surface area contributed by atoms with Crippen LogP contribution in [0.3, 0.4) is 0 Å². The number of thiophene rings is 1. The third-order valence-corrected chi connectivity index (χ3v) is 6.76. The number of piperidine rings is 1. The molecule has 1 saturated heterocycles. The summed E-state index contributed by atoms with van der Waals surface area (Å²) >= 11 is 1.83. The molecule has 0 spiro atoms. The molecule has 2 fully saturated rings. The van der Waals surface area contributed by atoms with Crippen molar-refractivity contribution in [2.45, 2.75) is 43.9 Å². The molecule has 26 heavy (non-hydrogen) atoms. The van der Waals surface area contributed by atoms with Gasteiger partial charge in [-0.15, -0.1) is 11.3 Å². The second-order valence-corrected chi connectivity index (χ2v) is 8.46. The fourth-order valence-electron chi connectivity index (χ4n) is 4.25. The number of para-hydroxylation sites is 2. The number of anilines is 1. The van der Waals surface area contributed by atoms with Crippen molar-refractivity contribution < 1.29 is 9.84 Å². The lowest BCUT2D eigenvalue weighted by Gasteiger charge is -2.41. The highest BCUT2D eigenvalue weighted by Gasteiger charge is 2.36. The number of hydrogen-bond acceptors (Lipinski definition) is 5. The number of rotatable bonds is 6. The normalized spacial score (nSPS) is 24.9. The van der Waals surface area contributed by atoms with Crippen LogP contribution in [-0.2, 0) is 0 Å². The van der Waals surface area contributed by atoms with E-state index in [9.17, 15) is 5.11 Å². The number of nitrogens with one attached hydrogen (secondary N) is 1.